The minimum Gasteiger partial charge on any atom is -0.474 e. The molecule has 1 aliphatic rings. The lowest BCUT2D eigenvalue weighted by Gasteiger charge is -2.00. The molecule has 0 saturated carbocycles. The van der Waals surface area contributed by atoms with Gasteiger partial charge in [-0.15, -0.1) is 0 Å². The number of benzene rings is 1. The zero-order chi connectivity index (χ0) is 19.9. The van der Waals surface area contributed by atoms with Gasteiger partial charge in [0, 0.05) is 6.08 Å². The molecule has 0 fully saturated rings. The first kappa shape index (κ1) is 20.9. The number of aromatic nitrogens is 1. The van der Waals surface area contributed by atoms with Gasteiger partial charge >= 0.3 is 0 Å². The summed E-state index contributed by atoms with van der Waals surface area (Å²) in [5.74, 6) is 1.23. The first-order chi connectivity index (χ1) is 13.9. The molecule has 1 aromatic heterocycles. The summed E-state index contributed by atoms with van der Waals surface area (Å²) in [5, 5.41) is 0. The standard InChI is InChI=1S/C22H20N2O2.C2H6/c1(3-7-15-21-23-17-11-5-6-12-18-25-21)2-4-8-16-22-24-19-13-9-10-14-20(19)26-22;1-2/h1-16H,17-18H2;1-2H3/b3-1+,4-2+,11-5-,12-6-,15-7+,16-8+,23-21?;. The third kappa shape index (κ3) is 7.46. The Bertz CT molecular complexity index is 892. The summed E-state index contributed by atoms with van der Waals surface area (Å²) < 4.78 is 11.1. The molecule has 0 amide bonds. The van der Waals surface area contributed by atoms with Gasteiger partial charge in [-0.05, 0) is 24.3 Å². The normalized spacial score (nSPS) is 17.1. The summed E-state index contributed by atoms with van der Waals surface area (Å²) in [6.45, 7) is 5.14. The van der Waals surface area contributed by atoms with Gasteiger partial charge in [-0.1, -0.05) is 80.7 Å². The van der Waals surface area contributed by atoms with Crippen LogP contribution in [0.5, 0.6) is 0 Å². The zero-order valence-electron chi connectivity index (χ0n) is 16.4. The maximum absolute atomic E-state index is 5.61. The van der Waals surface area contributed by atoms with Crippen LogP contribution in [0.2, 0.25) is 0 Å². The van der Waals surface area contributed by atoms with Gasteiger partial charge in [0.2, 0.25) is 11.8 Å². The highest BCUT2D eigenvalue weighted by Crippen LogP contribution is 2.15. The monoisotopic (exact) mass is 374 g/mol. The Labute approximate surface area is 166 Å². The van der Waals surface area contributed by atoms with E-state index in [0.717, 1.165) is 11.1 Å². The summed E-state index contributed by atoms with van der Waals surface area (Å²) >= 11 is 0. The van der Waals surface area contributed by atoms with E-state index in [4.69, 9.17) is 9.15 Å². The Morgan fingerprint density at radius 2 is 1.57 bits per heavy atom. The van der Waals surface area contributed by atoms with E-state index in [1.165, 1.54) is 0 Å². The SMILES string of the molecule is C1=C\CN=C(/C=C/C=C/C=C/C=C/c2nc3ccccc3o2)OC\C=C/1.CC. The summed E-state index contributed by atoms with van der Waals surface area (Å²) in [6, 6.07) is 7.71. The minimum atomic E-state index is 0.526. The number of hydrogen-bond acceptors (Lipinski definition) is 4. The molecule has 0 unspecified atom stereocenters. The summed E-state index contributed by atoms with van der Waals surface area (Å²) in [7, 11) is 0. The number of rotatable bonds is 5. The highest BCUT2D eigenvalue weighted by Gasteiger charge is 1.99. The van der Waals surface area contributed by atoms with Crippen LogP contribution in [0.15, 0.2) is 101 Å². The number of ether oxygens (including phenoxy) is 1. The predicted molar refractivity (Wildman–Crippen MR) is 118 cm³/mol. The van der Waals surface area contributed by atoms with Gasteiger partial charge in [-0.25, -0.2) is 9.98 Å². The molecule has 0 N–H and O–H groups in total. The maximum Gasteiger partial charge on any atom is 0.219 e. The van der Waals surface area contributed by atoms with E-state index in [-0.39, 0.29) is 0 Å². The molecule has 3 rings (SSSR count). The van der Waals surface area contributed by atoms with Crippen molar-refractivity contribution in [1.29, 1.82) is 0 Å². The number of oxazole rings is 1. The molecule has 0 spiro atoms. The maximum atomic E-state index is 5.61. The van der Waals surface area contributed by atoms with Crippen LogP contribution in [-0.2, 0) is 4.74 Å². The quantitative estimate of drug-likeness (QED) is 0.596. The number of fused-ring (bicyclic) bond motifs is 1. The Morgan fingerprint density at radius 1 is 0.857 bits per heavy atom. The van der Waals surface area contributed by atoms with E-state index in [1.807, 2.05) is 111 Å². The van der Waals surface area contributed by atoms with Crippen molar-refractivity contribution in [3.63, 3.8) is 0 Å². The Balaban J connectivity index is 0.00000136. The van der Waals surface area contributed by atoms with Gasteiger partial charge in [0.15, 0.2) is 5.58 Å². The minimum absolute atomic E-state index is 0.526. The highest BCUT2D eigenvalue weighted by molar-refractivity contribution is 5.88. The van der Waals surface area contributed by atoms with E-state index in [9.17, 15) is 0 Å². The van der Waals surface area contributed by atoms with Crippen molar-refractivity contribution in [3.05, 3.63) is 97.0 Å². The molecule has 0 saturated heterocycles. The fraction of sp³-hybridized carbons (Fsp3) is 0.167. The van der Waals surface area contributed by atoms with Crippen LogP contribution < -0.4 is 0 Å². The van der Waals surface area contributed by atoms with Gasteiger partial charge in [0.1, 0.15) is 12.1 Å². The van der Waals surface area contributed by atoms with Gasteiger partial charge in [-0.3, -0.25) is 0 Å². The lowest BCUT2D eigenvalue weighted by molar-refractivity contribution is 0.352. The van der Waals surface area contributed by atoms with Crippen LogP contribution in [0.1, 0.15) is 19.7 Å². The second kappa shape index (κ2) is 12.9. The smallest absolute Gasteiger partial charge is 0.219 e. The molecule has 1 aliphatic heterocycles. The summed E-state index contributed by atoms with van der Waals surface area (Å²) in [6.07, 6.45) is 23.1. The molecule has 4 nitrogen and oxygen atoms in total. The lowest BCUT2D eigenvalue weighted by atomic mass is 10.3. The lowest BCUT2D eigenvalue weighted by Crippen LogP contribution is -2.01. The van der Waals surface area contributed by atoms with Crippen LogP contribution in [0.25, 0.3) is 17.2 Å². The molecular formula is C24H26N2O2. The van der Waals surface area contributed by atoms with Gasteiger partial charge in [-0.2, -0.15) is 0 Å². The number of nitrogens with zero attached hydrogens (tertiary/aromatic N) is 2. The molecule has 2 aromatic rings. The first-order valence-electron chi connectivity index (χ1n) is 9.44. The molecule has 2 heterocycles. The first-order valence-corrected chi connectivity index (χ1v) is 9.44. The fourth-order valence-corrected chi connectivity index (χ4v) is 2.19. The van der Waals surface area contributed by atoms with Crippen molar-refractivity contribution in [2.45, 2.75) is 13.8 Å². The Kier molecular flexibility index (Phi) is 9.61. The van der Waals surface area contributed by atoms with Crippen molar-refractivity contribution < 1.29 is 9.15 Å². The second-order valence-corrected chi connectivity index (χ2v) is 5.35. The Morgan fingerprint density at radius 3 is 2.39 bits per heavy atom. The van der Waals surface area contributed by atoms with Crippen molar-refractivity contribution in [2.24, 2.45) is 4.99 Å². The topological polar surface area (TPSA) is 47.6 Å². The van der Waals surface area contributed by atoms with E-state index < -0.39 is 0 Å². The molecule has 1 aromatic carbocycles. The largest absolute Gasteiger partial charge is 0.474 e. The summed E-state index contributed by atoms with van der Waals surface area (Å²) in [4.78, 5) is 8.72. The van der Waals surface area contributed by atoms with Crippen molar-refractivity contribution >= 4 is 23.1 Å². The summed E-state index contributed by atoms with van der Waals surface area (Å²) in [5.41, 5.74) is 1.66. The zero-order valence-corrected chi connectivity index (χ0v) is 16.4. The average Bonchev–Trinajstić information content (AvgIpc) is 3.19. The molecule has 28 heavy (non-hydrogen) atoms. The molecule has 0 atom stereocenters. The average molecular weight is 374 g/mol. The second-order valence-electron chi connectivity index (χ2n) is 5.35. The van der Waals surface area contributed by atoms with Crippen molar-refractivity contribution in [3.8, 4) is 0 Å². The van der Waals surface area contributed by atoms with Gasteiger partial charge in [0.05, 0.1) is 6.54 Å². The Hall–Kier alpha value is -3.40. The van der Waals surface area contributed by atoms with Crippen LogP contribution in [0, 0.1) is 0 Å². The predicted octanol–water partition coefficient (Wildman–Crippen LogP) is 6.08. The third-order valence-corrected chi connectivity index (χ3v) is 3.41. The number of allylic oxidation sites excluding steroid dienone is 8. The molecule has 4 heteroatoms. The van der Waals surface area contributed by atoms with E-state index in [2.05, 4.69) is 9.98 Å². The fourth-order valence-electron chi connectivity index (χ4n) is 2.19. The van der Waals surface area contributed by atoms with E-state index >= 15 is 0 Å². The van der Waals surface area contributed by atoms with Crippen LogP contribution in [0.4, 0.5) is 0 Å². The van der Waals surface area contributed by atoms with Crippen LogP contribution >= 0.6 is 0 Å². The molecular weight excluding hydrogens is 348 g/mol. The van der Waals surface area contributed by atoms with Crippen molar-refractivity contribution in [1.82, 2.24) is 4.98 Å². The van der Waals surface area contributed by atoms with Crippen molar-refractivity contribution in [2.75, 3.05) is 13.2 Å². The van der Waals surface area contributed by atoms with Crippen LogP contribution in [0.3, 0.4) is 0 Å². The van der Waals surface area contributed by atoms with Gasteiger partial charge in [0.25, 0.3) is 0 Å². The number of para-hydroxylation sites is 2. The van der Waals surface area contributed by atoms with Crippen LogP contribution in [-0.4, -0.2) is 24.0 Å². The molecule has 144 valence electrons. The third-order valence-electron chi connectivity index (χ3n) is 3.41. The highest BCUT2D eigenvalue weighted by atomic mass is 16.5. The molecule has 0 aliphatic carbocycles. The number of hydrogen-bond donors (Lipinski definition) is 0. The number of aliphatic imine (C=N–C) groups is 1. The molecule has 0 bridgehead atoms. The van der Waals surface area contributed by atoms with Gasteiger partial charge < -0.3 is 9.15 Å². The van der Waals surface area contributed by atoms with E-state index in [1.54, 1.807) is 0 Å². The van der Waals surface area contributed by atoms with E-state index in [0.29, 0.717) is 24.9 Å². The molecule has 0 radical (unpaired) electrons.